The third-order valence-corrected chi connectivity index (χ3v) is 5.59. The second-order valence-electron chi connectivity index (χ2n) is 8.06. The highest BCUT2D eigenvalue weighted by Gasteiger charge is 2.26. The highest BCUT2D eigenvalue weighted by Crippen LogP contribution is 2.36. The second-order valence-corrected chi connectivity index (χ2v) is 8.06. The third kappa shape index (κ3) is 3.93. The number of fused-ring (bicyclic) bond motifs is 1. The van der Waals surface area contributed by atoms with E-state index in [1.807, 2.05) is 6.07 Å². The van der Waals surface area contributed by atoms with Crippen molar-refractivity contribution in [1.82, 2.24) is 15.1 Å². The number of rotatable bonds is 6. The summed E-state index contributed by atoms with van der Waals surface area (Å²) in [6.45, 7) is 0.280. The van der Waals surface area contributed by atoms with Crippen molar-refractivity contribution in [2.24, 2.45) is 0 Å². The Morgan fingerprint density at radius 1 is 1.16 bits per heavy atom. The number of hydrogen-bond donors (Lipinski definition) is 1. The molecule has 1 aliphatic rings. The van der Waals surface area contributed by atoms with Gasteiger partial charge in [0.15, 0.2) is 0 Å². The van der Waals surface area contributed by atoms with Gasteiger partial charge in [-0.3, -0.25) is 9.89 Å². The monoisotopic (exact) mass is 433 g/mol. The van der Waals surface area contributed by atoms with Crippen molar-refractivity contribution in [1.29, 1.82) is 0 Å². The van der Waals surface area contributed by atoms with E-state index in [9.17, 15) is 13.6 Å². The number of aromatic amines is 1. The Balaban J connectivity index is 1.43. The van der Waals surface area contributed by atoms with Crippen molar-refractivity contribution in [3.05, 3.63) is 83.6 Å². The molecule has 162 valence electrons. The molecule has 0 unspecified atom stereocenters. The van der Waals surface area contributed by atoms with Crippen LogP contribution in [0.25, 0.3) is 22.0 Å². The van der Waals surface area contributed by atoms with Crippen molar-refractivity contribution in [2.75, 3.05) is 7.05 Å². The van der Waals surface area contributed by atoms with E-state index < -0.39 is 0 Å². The molecule has 5 rings (SSSR count). The first-order valence-electron chi connectivity index (χ1n) is 10.4. The van der Waals surface area contributed by atoms with Crippen molar-refractivity contribution < 1.29 is 18.3 Å². The molecule has 1 N–H and O–H groups in total. The van der Waals surface area contributed by atoms with Gasteiger partial charge in [-0.05, 0) is 60.4 Å². The van der Waals surface area contributed by atoms with Crippen molar-refractivity contribution >= 4 is 16.8 Å². The zero-order valence-electron chi connectivity index (χ0n) is 17.4. The van der Waals surface area contributed by atoms with Crippen LogP contribution >= 0.6 is 0 Å². The molecule has 3 aromatic carbocycles. The van der Waals surface area contributed by atoms with Crippen LogP contribution in [-0.2, 0) is 6.54 Å². The quantitative estimate of drug-likeness (QED) is 0.448. The normalized spacial score (nSPS) is 13.3. The van der Waals surface area contributed by atoms with Gasteiger partial charge in [-0.25, -0.2) is 8.78 Å². The molecule has 1 heterocycles. The lowest BCUT2D eigenvalue weighted by Crippen LogP contribution is -2.26. The number of carbonyl (C=O) groups excluding carboxylic acids is 1. The molecule has 1 aromatic heterocycles. The fourth-order valence-corrected chi connectivity index (χ4v) is 3.75. The summed E-state index contributed by atoms with van der Waals surface area (Å²) >= 11 is 0. The Hall–Kier alpha value is -3.74. The van der Waals surface area contributed by atoms with Crippen LogP contribution in [-0.4, -0.2) is 34.2 Å². The first kappa shape index (κ1) is 20.2. The van der Waals surface area contributed by atoms with Gasteiger partial charge in [0.1, 0.15) is 17.4 Å². The standard InChI is InChI=1S/C25H21F2N3O2/c1-30(14-17-6-10-22(27)21-13-28-29-24(17)21)25(31)16-5-9-20(15-3-2-4-18(26)11-15)23(12-16)32-19-7-8-19/h2-6,9-13,19H,7-8,14H2,1H3,(H,28,29). The second kappa shape index (κ2) is 8.07. The van der Waals surface area contributed by atoms with Crippen molar-refractivity contribution in [2.45, 2.75) is 25.5 Å². The Labute approximate surface area is 183 Å². The van der Waals surface area contributed by atoms with E-state index in [4.69, 9.17) is 4.74 Å². The summed E-state index contributed by atoms with van der Waals surface area (Å²) in [7, 11) is 1.69. The SMILES string of the molecule is CN(Cc1ccc(F)c2cn[nH]c12)C(=O)c1ccc(-c2cccc(F)c2)c(OC2CC2)c1. The maximum atomic E-state index is 13.9. The number of nitrogens with zero attached hydrogens (tertiary/aromatic N) is 2. The predicted molar refractivity (Wildman–Crippen MR) is 117 cm³/mol. The summed E-state index contributed by atoms with van der Waals surface area (Å²) in [5.41, 5.74) is 3.24. The molecule has 7 heteroatoms. The van der Waals surface area contributed by atoms with Gasteiger partial charge in [-0.2, -0.15) is 5.10 Å². The molecule has 1 aliphatic carbocycles. The summed E-state index contributed by atoms with van der Waals surface area (Å²) in [5.74, 6) is -0.325. The zero-order chi connectivity index (χ0) is 22.2. The maximum Gasteiger partial charge on any atom is 0.254 e. The average Bonchev–Trinajstić information content (AvgIpc) is 3.45. The Bertz CT molecular complexity index is 1310. The lowest BCUT2D eigenvalue weighted by atomic mass is 10.0. The molecule has 1 amide bonds. The third-order valence-electron chi connectivity index (χ3n) is 5.59. The van der Waals surface area contributed by atoms with E-state index in [0.29, 0.717) is 27.8 Å². The zero-order valence-corrected chi connectivity index (χ0v) is 17.4. The molecule has 0 spiro atoms. The van der Waals surface area contributed by atoms with E-state index in [-0.39, 0.29) is 30.2 Å². The maximum absolute atomic E-state index is 13.9. The Morgan fingerprint density at radius 2 is 2.00 bits per heavy atom. The van der Waals surface area contributed by atoms with E-state index in [2.05, 4.69) is 10.2 Å². The van der Waals surface area contributed by atoms with Gasteiger partial charge >= 0.3 is 0 Å². The first-order chi connectivity index (χ1) is 15.5. The minimum absolute atomic E-state index is 0.123. The van der Waals surface area contributed by atoms with Crippen LogP contribution in [0.2, 0.25) is 0 Å². The van der Waals surface area contributed by atoms with Crippen LogP contribution in [0.5, 0.6) is 5.75 Å². The molecule has 0 aliphatic heterocycles. The van der Waals surface area contributed by atoms with Crippen molar-refractivity contribution in [3.63, 3.8) is 0 Å². The molecule has 0 atom stereocenters. The van der Waals surface area contributed by atoms with Gasteiger partial charge in [-0.1, -0.05) is 18.2 Å². The molecule has 32 heavy (non-hydrogen) atoms. The van der Waals surface area contributed by atoms with Crippen LogP contribution in [0.4, 0.5) is 8.78 Å². The molecule has 0 radical (unpaired) electrons. The number of nitrogens with one attached hydrogen (secondary N) is 1. The summed E-state index contributed by atoms with van der Waals surface area (Å²) in [4.78, 5) is 14.7. The highest BCUT2D eigenvalue weighted by molar-refractivity contribution is 5.95. The van der Waals surface area contributed by atoms with Gasteiger partial charge in [0.05, 0.1) is 23.2 Å². The number of benzene rings is 3. The molecule has 1 saturated carbocycles. The van der Waals surface area contributed by atoms with E-state index >= 15 is 0 Å². The smallest absolute Gasteiger partial charge is 0.254 e. The Kier molecular flexibility index (Phi) is 5.09. The fourth-order valence-electron chi connectivity index (χ4n) is 3.75. The molecule has 4 aromatic rings. The van der Waals surface area contributed by atoms with Crippen molar-refractivity contribution in [3.8, 4) is 16.9 Å². The summed E-state index contributed by atoms with van der Waals surface area (Å²) in [6, 6.07) is 14.6. The van der Waals surface area contributed by atoms with Gasteiger partial charge in [0.2, 0.25) is 0 Å². The van der Waals surface area contributed by atoms with Gasteiger partial charge in [0.25, 0.3) is 5.91 Å². The first-order valence-corrected chi connectivity index (χ1v) is 10.4. The lowest BCUT2D eigenvalue weighted by molar-refractivity contribution is 0.0785. The topological polar surface area (TPSA) is 58.2 Å². The number of hydrogen-bond acceptors (Lipinski definition) is 3. The highest BCUT2D eigenvalue weighted by atomic mass is 19.1. The Morgan fingerprint density at radius 3 is 2.78 bits per heavy atom. The van der Waals surface area contributed by atoms with E-state index in [0.717, 1.165) is 24.0 Å². The fraction of sp³-hybridized carbons (Fsp3) is 0.200. The summed E-state index contributed by atoms with van der Waals surface area (Å²) in [5, 5.41) is 7.11. The number of amides is 1. The number of carbonyl (C=O) groups is 1. The predicted octanol–water partition coefficient (Wildman–Crippen LogP) is 5.32. The average molecular weight is 433 g/mol. The van der Waals surface area contributed by atoms with Gasteiger partial charge in [-0.15, -0.1) is 0 Å². The number of aromatic nitrogens is 2. The van der Waals surface area contributed by atoms with E-state index in [1.165, 1.54) is 24.4 Å². The molecule has 0 bridgehead atoms. The van der Waals surface area contributed by atoms with Crippen LogP contribution in [0.1, 0.15) is 28.8 Å². The minimum Gasteiger partial charge on any atom is -0.490 e. The van der Waals surface area contributed by atoms with E-state index in [1.54, 1.807) is 42.3 Å². The van der Waals surface area contributed by atoms with Crippen LogP contribution in [0.3, 0.4) is 0 Å². The van der Waals surface area contributed by atoms with Crippen LogP contribution in [0.15, 0.2) is 60.8 Å². The molecule has 1 fully saturated rings. The number of H-pyrrole nitrogens is 1. The molecule has 5 nitrogen and oxygen atoms in total. The summed E-state index contributed by atoms with van der Waals surface area (Å²) in [6.07, 6.45) is 3.48. The van der Waals surface area contributed by atoms with Gasteiger partial charge in [0, 0.05) is 24.7 Å². The molecule has 0 saturated heterocycles. The molecular weight excluding hydrogens is 412 g/mol. The lowest BCUT2D eigenvalue weighted by Gasteiger charge is -2.19. The largest absolute Gasteiger partial charge is 0.490 e. The van der Waals surface area contributed by atoms with Crippen LogP contribution < -0.4 is 4.74 Å². The van der Waals surface area contributed by atoms with Crippen LogP contribution in [0, 0.1) is 11.6 Å². The summed E-state index contributed by atoms with van der Waals surface area (Å²) < 4.78 is 33.8. The number of halogens is 2. The van der Waals surface area contributed by atoms with Gasteiger partial charge < -0.3 is 9.64 Å². The number of ether oxygens (including phenoxy) is 1. The minimum atomic E-state index is -0.360. The molecular formula is C25H21F2N3O2.